The summed E-state index contributed by atoms with van der Waals surface area (Å²) >= 11 is 9.91. The molecule has 0 aliphatic carbocycles. The first-order chi connectivity index (χ1) is 7.73. The second-order valence-electron chi connectivity index (χ2n) is 5.40. The number of para-hydroxylation sites is 1. The SMILES string of the molecule is Cc1cccc(C)c1N=C(Cl)C(Br)C(C)(C)C. The van der Waals surface area contributed by atoms with Gasteiger partial charge in [-0.25, -0.2) is 4.99 Å². The second-order valence-corrected chi connectivity index (χ2v) is 6.71. The zero-order chi connectivity index (χ0) is 13.2. The average molecular weight is 317 g/mol. The first-order valence-corrected chi connectivity index (χ1v) is 6.97. The highest BCUT2D eigenvalue weighted by atomic mass is 79.9. The van der Waals surface area contributed by atoms with Crippen molar-refractivity contribution in [3.8, 4) is 0 Å². The van der Waals surface area contributed by atoms with E-state index in [-0.39, 0.29) is 10.2 Å². The minimum Gasteiger partial charge on any atom is -0.239 e. The second kappa shape index (κ2) is 5.53. The molecule has 0 N–H and O–H groups in total. The molecule has 94 valence electrons. The molecular formula is C14H19BrClN. The Morgan fingerprint density at radius 1 is 1.24 bits per heavy atom. The zero-order valence-electron chi connectivity index (χ0n) is 11.0. The van der Waals surface area contributed by atoms with Crippen LogP contribution < -0.4 is 0 Å². The summed E-state index contributed by atoms with van der Waals surface area (Å²) < 4.78 is 0. The highest BCUT2D eigenvalue weighted by molar-refractivity contribution is 9.10. The van der Waals surface area contributed by atoms with E-state index in [4.69, 9.17) is 11.6 Å². The van der Waals surface area contributed by atoms with Crippen molar-refractivity contribution in [1.29, 1.82) is 0 Å². The molecule has 0 radical (unpaired) electrons. The first kappa shape index (κ1) is 14.7. The molecule has 3 heteroatoms. The van der Waals surface area contributed by atoms with Crippen molar-refractivity contribution in [1.82, 2.24) is 0 Å². The van der Waals surface area contributed by atoms with Crippen molar-refractivity contribution < 1.29 is 0 Å². The monoisotopic (exact) mass is 315 g/mol. The van der Waals surface area contributed by atoms with Crippen LogP contribution in [-0.4, -0.2) is 10.00 Å². The van der Waals surface area contributed by atoms with Gasteiger partial charge in [-0.2, -0.15) is 0 Å². The molecule has 0 bridgehead atoms. The molecule has 0 aromatic heterocycles. The van der Waals surface area contributed by atoms with Crippen molar-refractivity contribution in [3.63, 3.8) is 0 Å². The fraction of sp³-hybridized carbons (Fsp3) is 0.500. The number of hydrogen-bond acceptors (Lipinski definition) is 1. The fourth-order valence-corrected chi connectivity index (χ4v) is 2.02. The first-order valence-electron chi connectivity index (χ1n) is 5.68. The maximum atomic E-state index is 6.30. The summed E-state index contributed by atoms with van der Waals surface area (Å²) in [5.74, 6) is 0. The molecule has 1 nitrogen and oxygen atoms in total. The Kier molecular flexibility index (Phi) is 4.79. The maximum Gasteiger partial charge on any atom is 0.121 e. The van der Waals surface area contributed by atoms with Crippen molar-refractivity contribution in [2.24, 2.45) is 10.4 Å². The van der Waals surface area contributed by atoms with Crippen LogP contribution in [0.4, 0.5) is 5.69 Å². The van der Waals surface area contributed by atoms with E-state index < -0.39 is 0 Å². The van der Waals surface area contributed by atoms with E-state index in [0.717, 1.165) is 16.8 Å². The Balaban J connectivity index is 3.11. The summed E-state index contributed by atoms with van der Waals surface area (Å²) in [4.78, 5) is 4.63. The van der Waals surface area contributed by atoms with Crippen LogP contribution in [-0.2, 0) is 0 Å². The number of alkyl halides is 1. The predicted molar refractivity (Wildman–Crippen MR) is 81.0 cm³/mol. The maximum absolute atomic E-state index is 6.30. The molecule has 0 fully saturated rings. The van der Waals surface area contributed by atoms with Crippen molar-refractivity contribution in [2.45, 2.75) is 39.4 Å². The molecule has 0 spiro atoms. The van der Waals surface area contributed by atoms with Gasteiger partial charge in [-0.15, -0.1) is 0 Å². The molecule has 17 heavy (non-hydrogen) atoms. The Morgan fingerprint density at radius 2 is 1.71 bits per heavy atom. The van der Waals surface area contributed by atoms with E-state index in [1.54, 1.807) is 0 Å². The van der Waals surface area contributed by atoms with E-state index in [0.29, 0.717) is 5.17 Å². The third-order valence-electron chi connectivity index (χ3n) is 2.63. The minimum absolute atomic E-state index is 0.0528. The normalized spacial score (nSPS) is 14.9. The van der Waals surface area contributed by atoms with Gasteiger partial charge in [0.1, 0.15) is 5.17 Å². The number of rotatable bonds is 2. The Morgan fingerprint density at radius 3 is 2.12 bits per heavy atom. The summed E-state index contributed by atoms with van der Waals surface area (Å²) in [6.07, 6.45) is 0. The Hall–Kier alpha value is -0.340. The molecular weight excluding hydrogens is 298 g/mol. The minimum atomic E-state index is 0.0528. The molecule has 0 saturated carbocycles. The van der Waals surface area contributed by atoms with E-state index in [2.05, 4.69) is 67.7 Å². The highest BCUT2D eigenvalue weighted by Crippen LogP contribution is 2.31. The van der Waals surface area contributed by atoms with Gasteiger partial charge >= 0.3 is 0 Å². The summed E-state index contributed by atoms with van der Waals surface area (Å²) in [6.45, 7) is 10.5. The number of aliphatic imine (C=N–C) groups is 1. The van der Waals surface area contributed by atoms with Crippen LogP contribution in [0.5, 0.6) is 0 Å². The third-order valence-corrected chi connectivity index (χ3v) is 5.00. The lowest BCUT2D eigenvalue weighted by Gasteiger charge is -2.24. The van der Waals surface area contributed by atoms with Gasteiger partial charge in [0.15, 0.2) is 0 Å². The van der Waals surface area contributed by atoms with Gasteiger partial charge < -0.3 is 0 Å². The van der Waals surface area contributed by atoms with Gasteiger partial charge in [-0.1, -0.05) is 66.5 Å². The molecule has 1 atom stereocenters. The molecule has 0 aliphatic rings. The zero-order valence-corrected chi connectivity index (χ0v) is 13.4. The van der Waals surface area contributed by atoms with Gasteiger partial charge in [-0.05, 0) is 30.4 Å². The molecule has 1 rings (SSSR count). The van der Waals surface area contributed by atoms with E-state index >= 15 is 0 Å². The lowest BCUT2D eigenvalue weighted by atomic mass is 9.93. The van der Waals surface area contributed by atoms with Crippen LogP contribution in [0, 0.1) is 19.3 Å². The number of hydrogen-bond donors (Lipinski definition) is 0. The quantitative estimate of drug-likeness (QED) is 0.513. The molecule has 1 aromatic rings. The number of benzene rings is 1. The summed E-state index contributed by atoms with van der Waals surface area (Å²) in [7, 11) is 0. The van der Waals surface area contributed by atoms with Crippen molar-refractivity contribution >= 4 is 38.4 Å². The number of aryl methyl sites for hydroxylation is 2. The van der Waals surface area contributed by atoms with Gasteiger partial charge in [0, 0.05) is 0 Å². The Bertz CT molecular complexity index is 412. The van der Waals surface area contributed by atoms with Crippen LogP contribution in [0.25, 0.3) is 0 Å². The molecule has 0 saturated heterocycles. The van der Waals surface area contributed by atoms with E-state index in [1.165, 1.54) is 0 Å². The summed E-state index contributed by atoms with van der Waals surface area (Å²) in [5.41, 5.74) is 3.33. The third kappa shape index (κ3) is 3.82. The largest absolute Gasteiger partial charge is 0.239 e. The average Bonchev–Trinajstić information content (AvgIpc) is 2.21. The van der Waals surface area contributed by atoms with Crippen LogP contribution in [0.2, 0.25) is 0 Å². The molecule has 0 heterocycles. The lowest BCUT2D eigenvalue weighted by Crippen LogP contribution is -2.25. The van der Waals surface area contributed by atoms with E-state index in [9.17, 15) is 0 Å². The molecule has 1 unspecified atom stereocenters. The summed E-state index contributed by atoms with van der Waals surface area (Å²) in [6, 6.07) is 6.14. The molecule has 1 aromatic carbocycles. The van der Waals surface area contributed by atoms with Gasteiger partial charge in [0.2, 0.25) is 0 Å². The van der Waals surface area contributed by atoms with Crippen molar-refractivity contribution in [3.05, 3.63) is 29.3 Å². The van der Waals surface area contributed by atoms with Crippen LogP contribution >= 0.6 is 27.5 Å². The lowest BCUT2D eigenvalue weighted by molar-refractivity contribution is 0.452. The predicted octanol–water partition coefficient (Wildman–Crippen LogP) is 5.38. The van der Waals surface area contributed by atoms with Crippen LogP contribution in [0.1, 0.15) is 31.9 Å². The van der Waals surface area contributed by atoms with Crippen LogP contribution in [0.15, 0.2) is 23.2 Å². The number of halogens is 2. The Labute approximate surface area is 117 Å². The van der Waals surface area contributed by atoms with Gasteiger partial charge in [0.05, 0.1) is 10.5 Å². The van der Waals surface area contributed by atoms with Crippen LogP contribution in [0.3, 0.4) is 0 Å². The fourth-order valence-electron chi connectivity index (χ4n) is 1.50. The van der Waals surface area contributed by atoms with Gasteiger partial charge in [-0.3, -0.25) is 0 Å². The van der Waals surface area contributed by atoms with Crippen molar-refractivity contribution in [2.75, 3.05) is 0 Å². The molecule has 0 aliphatic heterocycles. The number of nitrogens with zero attached hydrogens (tertiary/aromatic N) is 1. The topological polar surface area (TPSA) is 12.4 Å². The molecule has 0 amide bonds. The van der Waals surface area contributed by atoms with Gasteiger partial charge in [0.25, 0.3) is 0 Å². The smallest absolute Gasteiger partial charge is 0.121 e. The highest BCUT2D eigenvalue weighted by Gasteiger charge is 2.26. The standard InChI is InChI=1S/C14H19BrClN/c1-9-7-6-8-10(2)11(9)17-13(16)12(15)14(3,4)5/h6-8,12H,1-5H3. The van der Waals surface area contributed by atoms with E-state index in [1.807, 2.05) is 6.07 Å². The summed E-state index contributed by atoms with van der Waals surface area (Å²) in [5, 5.41) is 0.606.